The Bertz CT molecular complexity index is 447. The van der Waals surface area contributed by atoms with E-state index in [1.165, 1.54) is 0 Å². The number of rotatable bonds is 6. The lowest BCUT2D eigenvalue weighted by Crippen LogP contribution is -2.41. The number of hydrogen-bond donors (Lipinski definition) is 2. The van der Waals surface area contributed by atoms with Gasteiger partial charge in [0.2, 0.25) is 5.91 Å². The fourth-order valence-corrected chi connectivity index (χ4v) is 2.05. The van der Waals surface area contributed by atoms with Gasteiger partial charge in [-0.15, -0.1) is 0 Å². The van der Waals surface area contributed by atoms with E-state index in [0.29, 0.717) is 18.1 Å². The summed E-state index contributed by atoms with van der Waals surface area (Å²) in [4.78, 5) is 11.7. The molecule has 2 N–H and O–H groups in total. The van der Waals surface area contributed by atoms with E-state index < -0.39 is 5.41 Å². The van der Waals surface area contributed by atoms with Crippen molar-refractivity contribution in [2.45, 2.75) is 20.4 Å². The minimum absolute atomic E-state index is 0.00567. The first-order valence-electron chi connectivity index (χ1n) is 6.16. The van der Waals surface area contributed by atoms with Crippen LogP contribution in [0, 0.1) is 5.41 Å². The van der Waals surface area contributed by atoms with Gasteiger partial charge in [-0.3, -0.25) is 4.79 Å². The van der Waals surface area contributed by atoms with E-state index in [0.717, 1.165) is 11.3 Å². The molecular formula is C14H21ClN2O2. The van der Waals surface area contributed by atoms with E-state index in [9.17, 15) is 4.79 Å². The summed E-state index contributed by atoms with van der Waals surface area (Å²) in [7, 11) is 3.25. The van der Waals surface area contributed by atoms with Crippen LogP contribution in [-0.4, -0.2) is 26.6 Å². The first-order chi connectivity index (χ1) is 8.92. The Kier molecular flexibility index (Phi) is 5.63. The van der Waals surface area contributed by atoms with E-state index in [-0.39, 0.29) is 5.91 Å². The monoisotopic (exact) mass is 284 g/mol. The molecule has 0 aromatic heterocycles. The lowest BCUT2D eigenvalue weighted by molar-refractivity contribution is -0.128. The Morgan fingerprint density at radius 3 is 2.68 bits per heavy atom. The zero-order valence-corrected chi connectivity index (χ0v) is 12.6. The van der Waals surface area contributed by atoms with E-state index in [1.807, 2.05) is 32.0 Å². The number of methoxy groups -OCH3 is 1. The molecule has 0 saturated carbocycles. The van der Waals surface area contributed by atoms with Crippen LogP contribution in [0.1, 0.15) is 19.4 Å². The molecule has 1 amide bonds. The van der Waals surface area contributed by atoms with Crippen LogP contribution in [0.5, 0.6) is 5.75 Å². The van der Waals surface area contributed by atoms with Crippen molar-refractivity contribution in [1.82, 2.24) is 10.6 Å². The molecule has 1 rings (SSSR count). The van der Waals surface area contributed by atoms with Crippen LogP contribution >= 0.6 is 11.6 Å². The van der Waals surface area contributed by atoms with Gasteiger partial charge in [0.15, 0.2) is 0 Å². The molecule has 0 aliphatic carbocycles. The molecule has 0 heterocycles. The Balaban J connectivity index is 2.66. The van der Waals surface area contributed by atoms with Crippen molar-refractivity contribution < 1.29 is 9.53 Å². The highest BCUT2D eigenvalue weighted by molar-refractivity contribution is 6.31. The van der Waals surface area contributed by atoms with Crippen molar-refractivity contribution in [3.05, 3.63) is 28.8 Å². The molecule has 1 aromatic carbocycles. The standard InChI is InChI=1S/C14H21ClN2O2/c1-14(2,13(18)16-3)9-17-8-10-11(15)6-5-7-12(10)19-4/h5-7,17H,8-9H2,1-4H3,(H,16,18). The molecule has 0 atom stereocenters. The molecule has 0 spiro atoms. The Morgan fingerprint density at radius 1 is 1.42 bits per heavy atom. The third-order valence-corrected chi connectivity index (χ3v) is 3.36. The van der Waals surface area contributed by atoms with Crippen LogP contribution in [0.25, 0.3) is 0 Å². The smallest absolute Gasteiger partial charge is 0.226 e. The number of halogens is 1. The third-order valence-electron chi connectivity index (χ3n) is 3.01. The maximum absolute atomic E-state index is 11.7. The highest BCUT2D eigenvalue weighted by Gasteiger charge is 2.26. The molecular weight excluding hydrogens is 264 g/mol. The molecule has 0 radical (unpaired) electrons. The van der Waals surface area contributed by atoms with Crippen LogP contribution in [0.15, 0.2) is 18.2 Å². The molecule has 0 aliphatic rings. The van der Waals surface area contributed by atoms with Gasteiger partial charge in [-0.2, -0.15) is 0 Å². The van der Waals surface area contributed by atoms with Crippen LogP contribution in [0.3, 0.4) is 0 Å². The maximum Gasteiger partial charge on any atom is 0.226 e. The van der Waals surface area contributed by atoms with Gasteiger partial charge in [0.25, 0.3) is 0 Å². The Morgan fingerprint density at radius 2 is 2.11 bits per heavy atom. The molecule has 106 valence electrons. The summed E-state index contributed by atoms with van der Waals surface area (Å²) in [6.07, 6.45) is 0. The van der Waals surface area contributed by atoms with Gasteiger partial charge in [-0.1, -0.05) is 17.7 Å². The number of amides is 1. The number of ether oxygens (including phenoxy) is 1. The van der Waals surface area contributed by atoms with Gasteiger partial charge in [0.05, 0.1) is 12.5 Å². The molecule has 0 bridgehead atoms. The quantitative estimate of drug-likeness (QED) is 0.842. The molecule has 0 unspecified atom stereocenters. The molecule has 5 heteroatoms. The summed E-state index contributed by atoms with van der Waals surface area (Å²) in [6.45, 7) is 4.90. The van der Waals surface area contributed by atoms with Gasteiger partial charge < -0.3 is 15.4 Å². The van der Waals surface area contributed by atoms with E-state index in [4.69, 9.17) is 16.3 Å². The predicted molar refractivity (Wildman–Crippen MR) is 77.6 cm³/mol. The Hall–Kier alpha value is -1.26. The van der Waals surface area contributed by atoms with Crippen LogP contribution in [0.4, 0.5) is 0 Å². The van der Waals surface area contributed by atoms with E-state index in [2.05, 4.69) is 10.6 Å². The van der Waals surface area contributed by atoms with Crippen molar-refractivity contribution in [3.8, 4) is 5.75 Å². The second-order valence-electron chi connectivity index (χ2n) is 4.99. The lowest BCUT2D eigenvalue weighted by atomic mass is 9.92. The molecule has 4 nitrogen and oxygen atoms in total. The number of hydrogen-bond acceptors (Lipinski definition) is 3. The highest BCUT2D eigenvalue weighted by atomic mass is 35.5. The largest absolute Gasteiger partial charge is 0.496 e. The molecule has 0 saturated heterocycles. The Labute approximate surface area is 119 Å². The van der Waals surface area contributed by atoms with Crippen molar-refractivity contribution >= 4 is 17.5 Å². The highest BCUT2D eigenvalue weighted by Crippen LogP contribution is 2.26. The van der Waals surface area contributed by atoms with Gasteiger partial charge in [0.1, 0.15) is 5.75 Å². The average Bonchev–Trinajstić information content (AvgIpc) is 2.39. The van der Waals surface area contributed by atoms with Crippen LogP contribution in [0.2, 0.25) is 5.02 Å². The van der Waals surface area contributed by atoms with Gasteiger partial charge in [-0.25, -0.2) is 0 Å². The summed E-state index contributed by atoms with van der Waals surface area (Å²) in [5.41, 5.74) is 0.433. The summed E-state index contributed by atoms with van der Waals surface area (Å²) < 4.78 is 5.27. The number of benzene rings is 1. The fourth-order valence-electron chi connectivity index (χ4n) is 1.82. The summed E-state index contributed by atoms with van der Waals surface area (Å²) in [5.74, 6) is 0.754. The predicted octanol–water partition coefficient (Wildman–Crippen LogP) is 2.21. The number of carbonyl (C=O) groups is 1. The van der Waals surface area contributed by atoms with Crippen LogP contribution < -0.4 is 15.4 Å². The molecule has 0 fully saturated rings. The normalized spacial score (nSPS) is 11.2. The summed E-state index contributed by atoms with van der Waals surface area (Å²) in [6, 6.07) is 5.54. The lowest BCUT2D eigenvalue weighted by Gasteiger charge is -2.23. The molecule has 0 aliphatic heterocycles. The van der Waals surface area contributed by atoms with Gasteiger partial charge >= 0.3 is 0 Å². The van der Waals surface area contributed by atoms with Gasteiger partial charge in [0, 0.05) is 30.7 Å². The molecule has 1 aromatic rings. The first-order valence-corrected chi connectivity index (χ1v) is 6.54. The fraction of sp³-hybridized carbons (Fsp3) is 0.500. The van der Waals surface area contributed by atoms with Gasteiger partial charge in [-0.05, 0) is 26.0 Å². The minimum atomic E-state index is -0.469. The zero-order valence-electron chi connectivity index (χ0n) is 11.8. The first kappa shape index (κ1) is 15.8. The maximum atomic E-state index is 11.7. The van der Waals surface area contributed by atoms with E-state index >= 15 is 0 Å². The minimum Gasteiger partial charge on any atom is -0.496 e. The molecule has 19 heavy (non-hydrogen) atoms. The second kappa shape index (κ2) is 6.78. The summed E-state index contributed by atoms with van der Waals surface area (Å²) >= 11 is 6.15. The number of nitrogens with one attached hydrogen (secondary N) is 2. The average molecular weight is 285 g/mol. The van der Waals surface area contributed by atoms with E-state index in [1.54, 1.807) is 14.2 Å². The third kappa shape index (κ3) is 4.11. The number of carbonyl (C=O) groups excluding carboxylic acids is 1. The van der Waals surface area contributed by atoms with Crippen molar-refractivity contribution in [2.24, 2.45) is 5.41 Å². The SMILES string of the molecule is CNC(=O)C(C)(C)CNCc1c(Cl)cccc1OC. The van der Waals surface area contributed by atoms with Crippen molar-refractivity contribution in [1.29, 1.82) is 0 Å². The topological polar surface area (TPSA) is 50.4 Å². The van der Waals surface area contributed by atoms with Crippen molar-refractivity contribution in [3.63, 3.8) is 0 Å². The summed E-state index contributed by atoms with van der Waals surface area (Å²) in [5, 5.41) is 6.56. The van der Waals surface area contributed by atoms with Crippen LogP contribution in [-0.2, 0) is 11.3 Å². The van der Waals surface area contributed by atoms with Crippen molar-refractivity contribution in [2.75, 3.05) is 20.7 Å². The second-order valence-corrected chi connectivity index (χ2v) is 5.39. The zero-order chi connectivity index (χ0) is 14.5.